The number of esters is 1. The molecule has 0 amide bonds. The van der Waals surface area contributed by atoms with Gasteiger partial charge < -0.3 is 39.4 Å². The molecule has 0 bridgehead atoms. The van der Waals surface area contributed by atoms with Gasteiger partial charge in [0.05, 0.1) is 19.8 Å². The normalized spacial score (nSPS) is 21.7. The SMILES string of the molecule is CC/C=C\C/C=C\C/C=C\C/C=C\CCCCCCCCCCCCC(=O)OC(COCCCCCCCC)COC1OC(CO)C(O)C(O)C1O. The van der Waals surface area contributed by atoms with Gasteiger partial charge in [-0.15, -0.1) is 0 Å². The van der Waals surface area contributed by atoms with E-state index >= 15 is 0 Å². The lowest BCUT2D eigenvalue weighted by atomic mass is 9.99. The molecule has 6 unspecified atom stereocenters. The van der Waals surface area contributed by atoms with Gasteiger partial charge in [-0.2, -0.15) is 0 Å². The van der Waals surface area contributed by atoms with Crippen molar-refractivity contribution < 1.29 is 44.2 Å². The van der Waals surface area contributed by atoms with E-state index in [1.165, 1.54) is 70.6 Å². The molecule has 0 aromatic rings. The third kappa shape index (κ3) is 26.0. The van der Waals surface area contributed by atoms with Gasteiger partial charge in [-0.3, -0.25) is 4.79 Å². The zero-order valence-electron chi connectivity index (χ0n) is 32.8. The van der Waals surface area contributed by atoms with Crippen molar-refractivity contribution in [2.45, 2.75) is 192 Å². The van der Waals surface area contributed by atoms with E-state index in [9.17, 15) is 25.2 Å². The number of ether oxygens (including phenoxy) is 4. The van der Waals surface area contributed by atoms with Crippen molar-refractivity contribution in [3.63, 3.8) is 0 Å². The van der Waals surface area contributed by atoms with E-state index in [1.54, 1.807) is 0 Å². The van der Waals surface area contributed by atoms with Crippen LogP contribution < -0.4 is 0 Å². The van der Waals surface area contributed by atoms with Crippen molar-refractivity contribution in [2.24, 2.45) is 0 Å². The van der Waals surface area contributed by atoms with Crippen molar-refractivity contribution in [1.82, 2.24) is 0 Å². The molecule has 9 nitrogen and oxygen atoms in total. The first-order valence-corrected chi connectivity index (χ1v) is 20.7. The smallest absolute Gasteiger partial charge is 0.306 e. The minimum Gasteiger partial charge on any atom is -0.457 e. The molecule has 1 saturated heterocycles. The third-order valence-corrected chi connectivity index (χ3v) is 9.26. The molecule has 9 heteroatoms. The van der Waals surface area contributed by atoms with Crippen LogP contribution in [0.15, 0.2) is 48.6 Å². The van der Waals surface area contributed by atoms with Crippen LogP contribution in [0.4, 0.5) is 0 Å². The van der Waals surface area contributed by atoms with Crippen molar-refractivity contribution in [3.05, 3.63) is 48.6 Å². The highest BCUT2D eigenvalue weighted by molar-refractivity contribution is 5.69. The summed E-state index contributed by atoms with van der Waals surface area (Å²) in [5, 5.41) is 39.9. The van der Waals surface area contributed by atoms with E-state index in [-0.39, 0.29) is 19.2 Å². The largest absolute Gasteiger partial charge is 0.457 e. The summed E-state index contributed by atoms with van der Waals surface area (Å²) < 4.78 is 22.6. The summed E-state index contributed by atoms with van der Waals surface area (Å²) in [6.07, 6.45) is 34.5. The van der Waals surface area contributed by atoms with Gasteiger partial charge in [0.1, 0.15) is 30.5 Å². The maximum atomic E-state index is 12.7. The molecule has 4 N–H and O–H groups in total. The van der Waals surface area contributed by atoms with Crippen LogP contribution in [0.25, 0.3) is 0 Å². The van der Waals surface area contributed by atoms with Crippen molar-refractivity contribution >= 4 is 5.97 Å². The van der Waals surface area contributed by atoms with Crippen LogP contribution in [0.5, 0.6) is 0 Å². The number of hydrogen-bond acceptors (Lipinski definition) is 9. The third-order valence-electron chi connectivity index (χ3n) is 9.26. The van der Waals surface area contributed by atoms with Crippen molar-refractivity contribution in [2.75, 3.05) is 26.4 Å². The number of allylic oxidation sites excluding steroid dienone is 8. The molecule has 1 rings (SSSR count). The number of aliphatic hydroxyl groups excluding tert-OH is 4. The van der Waals surface area contributed by atoms with Crippen molar-refractivity contribution in [1.29, 1.82) is 0 Å². The minimum atomic E-state index is -1.53. The lowest BCUT2D eigenvalue weighted by molar-refractivity contribution is -0.305. The summed E-state index contributed by atoms with van der Waals surface area (Å²) in [5.41, 5.74) is 0. The van der Waals surface area contributed by atoms with Crippen LogP contribution in [-0.4, -0.2) is 89.6 Å². The predicted octanol–water partition coefficient (Wildman–Crippen LogP) is 8.58. The summed E-state index contributed by atoms with van der Waals surface area (Å²) in [6, 6.07) is 0. The fourth-order valence-electron chi connectivity index (χ4n) is 6.01. The first-order valence-electron chi connectivity index (χ1n) is 20.7. The molecule has 1 fully saturated rings. The van der Waals surface area contributed by atoms with E-state index in [0.29, 0.717) is 13.0 Å². The van der Waals surface area contributed by atoms with E-state index in [2.05, 4.69) is 62.5 Å². The maximum absolute atomic E-state index is 12.7. The van der Waals surface area contributed by atoms with E-state index in [1.807, 2.05) is 0 Å². The Hall–Kier alpha value is -1.85. The molecule has 6 atom stereocenters. The monoisotopic (exact) mass is 737 g/mol. The van der Waals surface area contributed by atoms with Crippen molar-refractivity contribution in [3.8, 4) is 0 Å². The molecule has 0 radical (unpaired) electrons. The Bertz CT molecular complexity index is 932. The fourth-order valence-corrected chi connectivity index (χ4v) is 6.01. The Kier molecular flexibility index (Phi) is 32.3. The topological polar surface area (TPSA) is 135 Å². The number of rotatable bonds is 34. The first-order chi connectivity index (χ1) is 25.4. The van der Waals surface area contributed by atoms with Gasteiger partial charge in [0.15, 0.2) is 6.29 Å². The van der Waals surface area contributed by atoms with Gasteiger partial charge in [-0.1, -0.05) is 146 Å². The van der Waals surface area contributed by atoms with E-state index < -0.39 is 43.4 Å². The highest BCUT2D eigenvalue weighted by Gasteiger charge is 2.44. The predicted molar refractivity (Wildman–Crippen MR) is 210 cm³/mol. The van der Waals surface area contributed by atoms with Gasteiger partial charge in [-0.05, 0) is 51.4 Å². The molecular formula is C43H76O9. The molecule has 1 heterocycles. The van der Waals surface area contributed by atoms with Gasteiger partial charge in [-0.25, -0.2) is 0 Å². The van der Waals surface area contributed by atoms with E-state index in [0.717, 1.165) is 64.2 Å². The number of aliphatic hydroxyl groups is 4. The Morgan fingerprint density at radius 3 is 1.77 bits per heavy atom. The average molecular weight is 737 g/mol. The Labute approximate surface area is 316 Å². The molecule has 0 aromatic heterocycles. The molecule has 0 saturated carbocycles. The second-order valence-corrected chi connectivity index (χ2v) is 14.1. The summed E-state index contributed by atoms with van der Waals surface area (Å²) in [6.45, 7) is 4.38. The maximum Gasteiger partial charge on any atom is 0.306 e. The number of carbonyl (C=O) groups excluding carboxylic acids is 1. The van der Waals surface area contributed by atoms with Gasteiger partial charge in [0.2, 0.25) is 0 Å². The lowest BCUT2D eigenvalue weighted by Crippen LogP contribution is -2.59. The van der Waals surface area contributed by atoms with Gasteiger partial charge >= 0.3 is 5.97 Å². The quantitative estimate of drug-likeness (QED) is 0.0291. The average Bonchev–Trinajstić information content (AvgIpc) is 3.14. The molecule has 1 aliphatic rings. The highest BCUT2D eigenvalue weighted by Crippen LogP contribution is 2.22. The molecule has 1 aliphatic heterocycles. The summed E-state index contributed by atoms with van der Waals surface area (Å²) in [4.78, 5) is 12.7. The molecule has 302 valence electrons. The van der Waals surface area contributed by atoms with Gasteiger partial charge in [0.25, 0.3) is 0 Å². The van der Waals surface area contributed by atoms with E-state index in [4.69, 9.17) is 18.9 Å². The fraction of sp³-hybridized carbons (Fsp3) is 0.791. The Balaban J connectivity index is 2.17. The standard InChI is InChI=1S/C43H76O9/c1-3-5-7-9-11-12-13-14-15-16-17-18-19-20-21-22-23-24-25-26-27-28-30-32-39(45)51-37(35-49-33-31-29-10-8-6-4-2)36-50-43-42(48)41(47)40(46)38(34-44)52-43/h5,7,11-12,14-15,17-18,37-38,40-44,46-48H,3-4,6,8-10,13,16,19-36H2,1-2H3/b7-5-,12-11-,15-14-,18-17-. The van der Waals surface area contributed by atoms with Crippen LogP contribution in [0, 0.1) is 0 Å². The molecule has 0 spiro atoms. The van der Waals surface area contributed by atoms with Crippen LogP contribution >= 0.6 is 0 Å². The highest BCUT2D eigenvalue weighted by atomic mass is 16.7. The number of hydrogen-bond donors (Lipinski definition) is 4. The zero-order chi connectivity index (χ0) is 37.9. The summed E-state index contributed by atoms with van der Waals surface area (Å²) >= 11 is 0. The zero-order valence-corrected chi connectivity index (χ0v) is 32.8. The summed E-state index contributed by atoms with van der Waals surface area (Å²) in [5.74, 6) is -0.323. The molecule has 0 aliphatic carbocycles. The molecule has 52 heavy (non-hydrogen) atoms. The Morgan fingerprint density at radius 1 is 0.635 bits per heavy atom. The lowest BCUT2D eigenvalue weighted by Gasteiger charge is -2.39. The minimum absolute atomic E-state index is 0.116. The Morgan fingerprint density at radius 2 is 1.17 bits per heavy atom. The van der Waals surface area contributed by atoms with Crippen LogP contribution in [-0.2, 0) is 23.7 Å². The second kappa shape index (κ2) is 34.9. The number of unbranched alkanes of at least 4 members (excludes halogenated alkanes) is 15. The molecule has 0 aromatic carbocycles. The summed E-state index contributed by atoms with van der Waals surface area (Å²) in [7, 11) is 0. The van der Waals surface area contributed by atoms with Crippen LogP contribution in [0.2, 0.25) is 0 Å². The second-order valence-electron chi connectivity index (χ2n) is 14.1. The van der Waals surface area contributed by atoms with Gasteiger partial charge in [0, 0.05) is 13.0 Å². The van der Waals surface area contributed by atoms with Crippen LogP contribution in [0.1, 0.15) is 155 Å². The van der Waals surface area contributed by atoms with Crippen LogP contribution in [0.3, 0.4) is 0 Å². The number of carbonyl (C=O) groups is 1. The molecular weight excluding hydrogens is 660 g/mol. The first kappa shape index (κ1) is 48.2.